The van der Waals surface area contributed by atoms with Crippen LogP contribution in [0.5, 0.6) is 0 Å². The molecule has 0 spiro atoms. The van der Waals surface area contributed by atoms with Crippen LogP contribution in [0.25, 0.3) is 0 Å². The number of fused-ring (bicyclic) bond motifs is 1. The summed E-state index contributed by atoms with van der Waals surface area (Å²) >= 11 is 0. The zero-order chi connectivity index (χ0) is 9.26. The van der Waals surface area contributed by atoms with Crippen molar-refractivity contribution in [2.75, 3.05) is 6.54 Å². The van der Waals surface area contributed by atoms with Gasteiger partial charge in [0.1, 0.15) is 0 Å². The number of aliphatic imine (C=N–C) groups is 1. The molecule has 1 unspecified atom stereocenters. The summed E-state index contributed by atoms with van der Waals surface area (Å²) in [6, 6.07) is 0. The second-order valence-corrected chi connectivity index (χ2v) is 2.92. The van der Waals surface area contributed by atoms with Crippen LogP contribution in [0, 0.1) is 5.92 Å². The van der Waals surface area contributed by atoms with Crippen LogP contribution in [-0.4, -0.2) is 18.7 Å². The highest BCUT2D eigenvalue weighted by molar-refractivity contribution is 6.12. The Hall–Kier alpha value is -1.62. The van der Waals surface area contributed by atoms with Crippen molar-refractivity contribution in [1.82, 2.24) is 10.9 Å². The molecule has 4 N–H and O–H groups in total. The summed E-state index contributed by atoms with van der Waals surface area (Å²) < 4.78 is 0. The number of primary amides is 1. The molecule has 1 fully saturated rings. The van der Waals surface area contributed by atoms with E-state index in [4.69, 9.17) is 5.73 Å². The minimum absolute atomic E-state index is 0.171. The second kappa shape index (κ2) is 3.02. The Labute approximate surface area is 75.4 Å². The quantitative estimate of drug-likeness (QED) is 0.484. The Bertz CT molecular complexity index is 329. The summed E-state index contributed by atoms with van der Waals surface area (Å²) in [5.41, 5.74) is 12.3. The van der Waals surface area contributed by atoms with E-state index in [2.05, 4.69) is 15.8 Å². The fraction of sp³-hybridized carbons (Fsp3) is 0.250. The average Bonchev–Trinajstić information content (AvgIpc) is 2.44. The van der Waals surface area contributed by atoms with E-state index in [1.54, 1.807) is 6.20 Å². The average molecular weight is 178 g/mol. The van der Waals surface area contributed by atoms with E-state index < -0.39 is 5.91 Å². The van der Waals surface area contributed by atoms with Crippen molar-refractivity contribution in [1.29, 1.82) is 0 Å². The summed E-state index contributed by atoms with van der Waals surface area (Å²) in [7, 11) is 0. The lowest BCUT2D eigenvalue weighted by molar-refractivity contribution is -0.114. The maximum atomic E-state index is 11.0. The maximum absolute atomic E-state index is 11.0. The van der Waals surface area contributed by atoms with Gasteiger partial charge in [0, 0.05) is 30.6 Å². The molecule has 0 aromatic carbocycles. The first-order valence-electron chi connectivity index (χ1n) is 4.02. The normalized spacial score (nSPS) is 25.4. The molecule has 2 aliphatic rings. The van der Waals surface area contributed by atoms with Gasteiger partial charge in [0.05, 0.1) is 5.57 Å². The number of nitrogens with zero attached hydrogens (tertiary/aromatic N) is 1. The molecule has 0 bridgehead atoms. The summed E-state index contributed by atoms with van der Waals surface area (Å²) in [4.78, 5) is 15.0. The van der Waals surface area contributed by atoms with Crippen LogP contribution in [0.2, 0.25) is 0 Å². The van der Waals surface area contributed by atoms with Gasteiger partial charge in [-0.2, -0.15) is 0 Å². The fourth-order valence-corrected chi connectivity index (χ4v) is 1.42. The van der Waals surface area contributed by atoms with Gasteiger partial charge in [-0.05, 0) is 0 Å². The van der Waals surface area contributed by atoms with Crippen LogP contribution < -0.4 is 16.6 Å². The van der Waals surface area contributed by atoms with Crippen molar-refractivity contribution in [2.45, 2.75) is 0 Å². The third-order valence-electron chi connectivity index (χ3n) is 2.08. The van der Waals surface area contributed by atoms with E-state index in [-0.39, 0.29) is 5.92 Å². The van der Waals surface area contributed by atoms with E-state index in [0.717, 1.165) is 12.2 Å². The van der Waals surface area contributed by atoms with Crippen molar-refractivity contribution < 1.29 is 4.79 Å². The Morgan fingerprint density at radius 1 is 1.69 bits per heavy atom. The molecule has 0 aromatic rings. The topological polar surface area (TPSA) is 79.5 Å². The monoisotopic (exact) mass is 178 g/mol. The number of rotatable bonds is 1. The molecule has 2 aliphatic heterocycles. The minimum atomic E-state index is -0.455. The molecule has 13 heavy (non-hydrogen) atoms. The maximum Gasteiger partial charge on any atom is 0.252 e. The molecule has 1 atom stereocenters. The molecule has 2 heterocycles. The van der Waals surface area contributed by atoms with Gasteiger partial charge < -0.3 is 11.2 Å². The van der Waals surface area contributed by atoms with E-state index in [9.17, 15) is 4.79 Å². The third-order valence-corrected chi connectivity index (χ3v) is 2.08. The highest BCUT2D eigenvalue weighted by Gasteiger charge is 2.24. The smallest absolute Gasteiger partial charge is 0.252 e. The molecule has 1 amide bonds. The number of hydrogen-bond donors (Lipinski definition) is 3. The lowest BCUT2D eigenvalue weighted by atomic mass is 10.0. The number of carbonyl (C=O) groups excluding carboxylic acids is 1. The standard InChI is InChI=1S/C8H10N4O/c9-8(13)6-4-10-2-1-5-3-11-12-7(5)6/h1-2,4-5,11-12H,3H2,(H2,9,13). The molecule has 0 aromatic heterocycles. The first-order chi connectivity index (χ1) is 6.29. The summed E-state index contributed by atoms with van der Waals surface area (Å²) in [6.07, 6.45) is 5.08. The molecule has 0 saturated carbocycles. The van der Waals surface area contributed by atoms with Gasteiger partial charge in [-0.3, -0.25) is 9.79 Å². The van der Waals surface area contributed by atoms with Gasteiger partial charge in [0.15, 0.2) is 0 Å². The lowest BCUT2D eigenvalue weighted by Gasteiger charge is -2.05. The summed E-state index contributed by atoms with van der Waals surface area (Å²) in [5.74, 6) is -0.284. The van der Waals surface area contributed by atoms with E-state index in [1.807, 2.05) is 6.08 Å². The molecular weight excluding hydrogens is 168 g/mol. The Morgan fingerprint density at radius 2 is 2.54 bits per heavy atom. The van der Waals surface area contributed by atoms with Gasteiger partial charge in [-0.1, -0.05) is 6.08 Å². The number of amides is 1. The second-order valence-electron chi connectivity index (χ2n) is 2.92. The molecule has 1 saturated heterocycles. The Kier molecular flexibility index (Phi) is 1.86. The zero-order valence-electron chi connectivity index (χ0n) is 6.95. The van der Waals surface area contributed by atoms with Crippen molar-refractivity contribution in [3.05, 3.63) is 23.5 Å². The molecule has 0 aliphatic carbocycles. The number of hydrogen-bond acceptors (Lipinski definition) is 4. The number of hydrazine groups is 1. The highest BCUT2D eigenvalue weighted by atomic mass is 16.1. The number of carbonyl (C=O) groups is 1. The first kappa shape index (κ1) is 8.00. The fourth-order valence-electron chi connectivity index (χ4n) is 1.42. The number of nitrogens with one attached hydrogen (secondary N) is 2. The van der Waals surface area contributed by atoms with E-state index in [0.29, 0.717) is 5.57 Å². The molecule has 0 radical (unpaired) electrons. The highest BCUT2D eigenvalue weighted by Crippen LogP contribution is 2.18. The lowest BCUT2D eigenvalue weighted by Crippen LogP contribution is -2.25. The van der Waals surface area contributed by atoms with Crippen molar-refractivity contribution in [3.63, 3.8) is 0 Å². The largest absolute Gasteiger partial charge is 0.365 e. The molecular formula is C8H10N4O. The molecule has 5 heteroatoms. The van der Waals surface area contributed by atoms with Crippen molar-refractivity contribution in [2.24, 2.45) is 16.6 Å². The van der Waals surface area contributed by atoms with Crippen molar-refractivity contribution in [3.8, 4) is 0 Å². The van der Waals surface area contributed by atoms with Gasteiger partial charge in [-0.25, -0.2) is 5.43 Å². The van der Waals surface area contributed by atoms with Crippen LogP contribution >= 0.6 is 0 Å². The van der Waals surface area contributed by atoms with Crippen LogP contribution in [0.15, 0.2) is 28.5 Å². The third kappa shape index (κ3) is 1.33. The summed E-state index contributed by atoms with van der Waals surface area (Å²) in [6.45, 7) is 0.756. The predicted molar refractivity (Wildman–Crippen MR) is 48.5 cm³/mol. The summed E-state index contributed by atoms with van der Waals surface area (Å²) in [5, 5.41) is 0. The van der Waals surface area contributed by atoms with Crippen LogP contribution in [-0.2, 0) is 4.79 Å². The molecule has 5 nitrogen and oxygen atoms in total. The van der Waals surface area contributed by atoms with Crippen molar-refractivity contribution >= 4 is 12.1 Å². The van der Waals surface area contributed by atoms with Gasteiger partial charge in [-0.15, -0.1) is 0 Å². The van der Waals surface area contributed by atoms with Crippen LogP contribution in [0.1, 0.15) is 0 Å². The van der Waals surface area contributed by atoms with Crippen LogP contribution in [0.4, 0.5) is 0 Å². The van der Waals surface area contributed by atoms with Gasteiger partial charge in [0.25, 0.3) is 5.91 Å². The SMILES string of the molecule is NC(=O)C1=C2NNCC2C=CN=C1. The zero-order valence-corrected chi connectivity index (χ0v) is 6.95. The van der Waals surface area contributed by atoms with E-state index >= 15 is 0 Å². The Balaban J connectivity index is 2.44. The Morgan fingerprint density at radius 3 is 3.31 bits per heavy atom. The van der Waals surface area contributed by atoms with Crippen LogP contribution in [0.3, 0.4) is 0 Å². The first-order valence-corrected chi connectivity index (χ1v) is 4.02. The van der Waals surface area contributed by atoms with Gasteiger partial charge in [0.2, 0.25) is 0 Å². The molecule has 68 valence electrons. The number of nitrogens with two attached hydrogens (primary N) is 1. The minimum Gasteiger partial charge on any atom is -0.365 e. The predicted octanol–water partition coefficient (Wildman–Crippen LogP) is -0.952. The molecule has 2 rings (SSSR count). The van der Waals surface area contributed by atoms with E-state index in [1.165, 1.54) is 6.21 Å². The van der Waals surface area contributed by atoms with Gasteiger partial charge >= 0.3 is 0 Å².